The molecule has 1 aliphatic rings. The Bertz CT molecular complexity index is 908. The lowest BCUT2D eigenvalue weighted by Crippen LogP contribution is -2.32. The Morgan fingerprint density at radius 2 is 2.00 bits per heavy atom. The number of aryl methyl sites for hydroxylation is 1. The van der Waals surface area contributed by atoms with Crippen molar-refractivity contribution < 1.29 is 14.1 Å². The second kappa shape index (κ2) is 7.57. The van der Waals surface area contributed by atoms with Gasteiger partial charge >= 0.3 is 0 Å². The first-order valence-corrected chi connectivity index (χ1v) is 8.90. The molecule has 0 saturated carbocycles. The first-order chi connectivity index (χ1) is 13.2. The Kier molecular flexibility index (Phi) is 4.82. The van der Waals surface area contributed by atoms with E-state index < -0.39 is 0 Å². The molecule has 2 aromatic heterocycles. The molecule has 4 rings (SSSR count). The summed E-state index contributed by atoms with van der Waals surface area (Å²) in [6.07, 6.45) is 4.18. The van der Waals surface area contributed by atoms with E-state index >= 15 is 0 Å². The first kappa shape index (κ1) is 17.2. The number of likely N-dealkylation sites (tertiary alicyclic amines) is 1. The Balaban J connectivity index is 1.34. The second-order valence-corrected chi connectivity index (χ2v) is 6.62. The molecule has 1 aliphatic heterocycles. The quantitative estimate of drug-likeness (QED) is 0.692. The molecule has 0 bridgehead atoms. The van der Waals surface area contributed by atoms with Gasteiger partial charge in [-0.25, -0.2) is 0 Å². The molecule has 0 radical (unpaired) electrons. The summed E-state index contributed by atoms with van der Waals surface area (Å²) in [5.41, 5.74) is 1.99. The minimum absolute atomic E-state index is 0.0315. The molecule has 138 valence electrons. The maximum absolute atomic E-state index is 12.4. The van der Waals surface area contributed by atoms with Crippen molar-refractivity contribution in [2.75, 3.05) is 19.7 Å². The zero-order valence-electron chi connectivity index (χ0n) is 15.0. The largest absolute Gasteiger partial charge is 0.484 e. The standard InChI is InChI=1S/C20H20N4O3/c1-14-2-4-17(5-3-14)26-13-18(25)24-11-8-16(12-24)19-22-20(27-23-19)15-6-9-21-10-7-15/h2-7,9-10,16H,8,11-13H2,1H3. The summed E-state index contributed by atoms with van der Waals surface area (Å²) in [5.74, 6) is 1.85. The molecule has 0 spiro atoms. The average Bonchev–Trinajstić information content (AvgIpc) is 3.37. The molecule has 7 heteroatoms. The van der Waals surface area contributed by atoms with Gasteiger partial charge in [-0.05, 0) is 37.6 Å². The number of benzene rings is 1. The number of carbonyl (C=O) groups excluding carboxylic acids is 1. The Morgan fingerprint density at radius 3 is 2.78 bits per heavy atom. The molecule has 1 unspecified atom stereocenters. The molecule has 0 N–H and O–H groups in total. The van der Waals surface area contributed by atoms with Crippen molar-refractivity contribution in [3.05, 3.63) is 60.2 Å². The van der Waals surface area contributed by atoms with Crippen LogP contribution in [-0.4, -0.2) is 45.6 Å². The summed E-state index contributed by atoms with van der Waals surface area (Å²) in [7, 11) is 0. The lowest BCUT2D eigenvalue weighted by atomic mass is 10.1. The van der Waals surface area contributed by atoms with Crippen molar-refractivity contribution in [1.29, 1.82) is 0 Å². The van der Waals surface area contributed by atoms with Crippen LogP contribution in [0.4, 0.5) is 0 Å². The molecule has 1 aromatic carbocycles. The lowest BCUT2D eigenvalue weighted by Gasteiger charge is -2.16. The Labute approximate surface area is 157 Å². The van der Waals surface area contributed by atoms with Crippen molar-refractivity contribution in [2.45, 2.75) is 19.3 Å². The first-order valence-electron chi connectivity index (χ1n) is 8.90. The van der Waals surface area contributed by atoms with Gasteiger partial charge in [0.25, 0.3) is 11.8 Å². The minimum atomic E-state index is -0.0315. The number of hydrogen-bond acceptors (Lipinski definition) is 6. The number of ether oxygens (including phenoxy) is 1. The monoisotopic (exact) mass is 364 g/mol. The van der Waals surface area contributed by atoms with Crippen molar-refractivity contribution >= 4 is 5.91 Å². The lowest BCUT2D eigenvalue weighted by molar-refractivity contribution is -0.132. The number of carbonyl (C=O) groups is 1. The second-order valence-electron chi connectivity index (χ2n) is 6.62. The van der Waals surface area contributed by atoms with Crippen LogP contribution in [0.2, 0.25) is 0 Å². The van der Waals surface area contributed by atoms with Crippen LogP contribution >= 0.6 is 0 Å². The summed E-state index contributed by atoms with van der Waals surface area (Å²) >= 11 is 0. The van der Waals surface area contributed by atoms with Gasteiger partial charge in [-0.15, -0.1) is 0 Å². The van der Waals surface area contributed by atoms with Crippen LogP contribution in [0.3, 0.4) is 0 Å². The van der Waals surface area contributed by atoms with Crippen LogP contribution in [0.1, 0.15) is 23.7 Å². The van der Waals surface area contributed by atoms with Gasteiger partial charge in [0.1, 0.15) is 5.75 Å². The molecule has 1 atom stereocenters. The third kappa shape index (κ3) is 3.97. The molecular formula is C20H20N4O3. The van der Waals surface area contributed by atoms with Gasteiger partial charge in [0.05, 0.1) is 0 Å². The zero-order valence-corrected chi connectivity index (χ0v) is 15.0. The van der Waals surface area contributed by atoms with Crippen LogP contribution in [-0.2, 0) is 4.79 Å². The summed E-state index contributed by atoms with van der Waals surface area (Å²) in [4.78, 5) is 22.7. The normalized spacial score (nSPS) is 16.5. The number of aromatic nitrogens is 3. The van der Waals surface area contributed by atoms with Crippen LogP contribution in [0, 0.1) is 6.92 Å². The maximum atomic E-state index is 12.4. The average molecular weight is 364 g/mol. The predicted molar refractivity (Wildman–Crippen MR) is 98.1 cm³/mol. The minimum Gasteiger partial charge on any atom is -0.484 e. The fourth-order valence-corrected chi connectivity index (χ4v) is 3.08. The molecule has 1 fully saturated rings. The van der Waals surface area contributed by atoms with E-state index in [2.05, 4.69) is 15.1 Å². The zero-order chi connectivity index (χ0) is 18.6. The summed E-state index contributed by atoms with van der Waals surface area (Å²) in [6, 6.07) is 11.3. The molecule has 27 heavy (non-hydrogen) atoms. The fourth-order valence-electron chi connectivity index (χ4n) is 3.08. The molecule has 3 aromatic rings. The van der Waals surface area contributed by atoms with Gasteiger partial charge in [-0.3, -0.25) is 9.78 Å². The highest BCUT2D eigenvalue weighted by atomic mass is 16.5. The molecule has 7 nitrogen and oxygen atoms in total. The number of nitrogens with zero attached hydrogens (tertiary/aromatic N) is 4. The number of rotatable bonds is 5. The van der Waals surface area contributed by atoms with Crippen molar-refractivity contribution in [3.63, 3.8) is 0 Å². The predicted octanol–water partition coefficient (Wildman–Crippen LogP) is 2.83. The molecular weight excluding hydrogens is 344 g/mol. The maximum Gasteiger partial charge on any atom is 0.260 e. The van der Waals surface area contributed by atoms with Crippen molar-refractivity contribution in [1.82, 2.24) is 20.0 Å². The summed E-state index contributed by atoms with van der Waals surface area (Å²) < 4.78 is 10.9. The van der Waals surface area contributed by atoms with E-state index in [0.29, 0.717) is 30.6 Å². The summed E-state index contributed by atoms with van der Waals surface area (Å²) in [5, 5.41) is 4.09. The Hall–Kier alpha value is -3.22. The molecule has 1 amide bonds. The van der Waals surface area contributed by atoms with Gasteiger partial charge in [-0.1, -0.05) is 22.9 Å². The highest BCUT2D eigenvalue weighted by Gasteiger charge is 2.30. The highest BCUT2D eigenvalue weighted by molar-refractivity contribution is 5.78. The van der Waals surface area contributed by atoms with Gasteiger partial charge in [0.2, 0.25) is 0 Å². The van der Waals surface area contributed by atoms with E-state index in [1.54, 1.807) is 17.3 Å². The van der Waals surface area contributed by atoms with E-state index in [4.69, 9.17) is 9.26 Å². The van der Waals surface area contributed by atoms with Gasteiger partial charge in [0.15, 0.2) is 12.4 Å². The third-order valence-corrected chi connectivity index (χ3v) is 4.66. The van der Waals surface area contributed by atoms with Gasteiger partial charge in [-0.2, -0.15) is 4.98 Å². The van der Waals surface area contributed by atoms with Gasteiger partial charge in [0, 0.05) is 37.0 Å². The van der Waals surface area contributed by atoms with Crippen LogP contribution in [0.25, 0.3) is 11.5 Å². The molecule has 1 saturated heterocycles. The Morgan fingerprint density at radius 1 is 1.22 bits per heavy atom. The number of pyridine rings is 1. The SMILES string of the molecule is Cc1ccc(OCC(=O)N2CCC(c3noc(-c4ccncc4)n3)C2)cc1. The van der Waals surface area contributed by atoms with E-state index in [1.807, 2.05) is 43.3 Å². The van der Waals surface area contributed by atoms with Crippen molar-refractivity contribution in [2.24, 2.45) is 0 Å². The van der Waals surface area contributed by atoms with Crippen LogP contribution < -0.4 is 4.74 Å². The van der Waals surface area contributed by atoms with Crippen molar-refractivity contribution in [3.8, 4) is 17.2 Å². The topological polar surface area (TPSA) is 81.4 Å². The van der Waals surface area contributed by atoms with Crippen LogP contribution in [0.15, 0.2) is 53.3 Å². The number of hydrogen-bond donors (Lipinski definition) is 0. The van der Waals surface area contributed by atoms with E-state index in [1.165, 1.54) is 0 Å². The smallest absolute Gasteiger partial charge is 0.260 e. The highest BCUT2D eigenvalue weighted by Crippen LogP contribution is 2.27. The van der Waals surface area contributed by atoms with Crippen LogP contribution in [0.5, 0.6) is 5.75 Å². The van der Waals surface area contributed by atoms with Gasteiger partial charge < -0.3 is 14.2 Å². The van der Waals surface area contributed by atoms with E-state index in [0.717, 1.165) is 17.5 Å². The van der Waals surface area contributed by atoms with E-state index in [-0.39, 0.29) is 18.4 Å². The molecule has 3 heterocycles. The summed E-state index contributed by atoms with van der Waals surface area (Å²) in [6.45, 7) is 3.28. The van der Waals surface area contributed by atoms with E-state index in [9.17, 15) is 4.79 Å². The molecule has 0 aliphatic carbocycles. The number of amides is 1. The third-order valence-electron chi connectivity index (χ3n) is 4.66. The fraction of sp³-hybridized carbons (Fsp3) is 0.300.